The van der Waals surface area contributed by atoms with E-state index in [-0.39, 0.29) is 22.9 Å². The lowest BCUT2D eigenvalue weighted by Crippen LogP contribution is -2.28. The van der Waals surface area contributed by atoms with Crippen molar-refractivity contribution >= 4 is 21.7 Å². The molecule has 9 heteroatoms. The highest BCUT2D eigenvalue weighted by atomic mass is 32.2. The number of unbranched alkanes of at least 4 members (excludes halogenated alkanes) is 8. The quantitative estimate of drug-likeness (QED) is 0.0914. The monoisotopic (exact) mass is 590 g/mol. The molecule has 230 valence electrons. The SMILES string of the molecule is CCCCCCCCCCOCNS(=O)(=O)c1cc(C(=O)OC(C)(C)C)cc(NCCCC)c1Oc1ccccc1. The summed E-state index contributed by atoms with van der Waals surface area (Å²) in [6.07, 6.45) is 11.2. The van der Waals surface area contributed by atoms with E-state index in [1.54, 1.807) is 51.1 Å². The first kappa shape index (κ1) is 34.6. The number of rotatable bonds is 20. The number of sulfonamides is 1. The first-order chi connectivity index (χ1) is 19.6. The predicted molar refractivity (Wildman–Crippen MR) is 165 cm³/mol. The number of nitrogens with one attached hydrogen (secondary N) is 2. The highest BCUT2D eigenvalue weighted by Crippen LogP contribution is 2.38. The van der Waals surface area contributed by atoms with Crippen LogP contribution >= 0.6 is 0 Å². The van der Waals surface area contributed by atoms with Gasteiger partial charge < -0.3 is 19.5 Å². The molecule has 41 heavy (non-hydrogen) atoms. The van der Waals surface area contributed by atoms with Crippen LogP contribution < -0.4 is 14.8 Å². The van der Waals surface area contributed by atoms with Crippen LogP contribution in [0.4, 0.5) is 5.69 Å². The number of benzene rings is 2. The van der Waals surface area contributed by atoms with Crippen LogP contribution in [0.25, 0.3) is 0 Å². The molecule has 0 bridgehead atoms. The molecular formula is C32H50N2O6S. The molecule has 0 amide bonds. The summed E-state index contributed by atoms with van der Waals surface area (Å²) in [7, 11) is -4.12. The van der Waals surface area contributed by atoms with Gasteiger partial charge in [-0.25, -0.2) is 13.2 Å². The van der Waals surface area contributed by atoms with E-state index in [1.165, 1.54) is 38.2 Å². The zero-order valence-electron chi connectivity index (χ0n) is 25.6. The Morgan fingerprint density at radius 2 is 1.49 bits per heavy atom. The van der Waals surface area contributed by atoms with Crippen LogP contribution in [0.15, 0.2) is 47.4 Å². The molecule has 0 unspecified atom stereocenters. The maximum atomic E-state index is 13.6. The van der Waals surface area contributed by atoms with Gasteiger partial charge in [0.25, 0.3) is 0 Å². The third-order valence-corrected chi connectivity index (χ3v) is 7.66. The molecule has 0 saturated heterocycles. The Kier molecular flexibility index (Phi) is 15.2. The average Bonchev–Trinajstić information content (AvgIpc) is 2.92. The number of ether oxygens (including phenoxy) is 3. The summed E-state index contributed by atoms with van der Waals surface area (Å²) in [6, 6.07) is 11.8. The molecule has 0 aliphatic rings. The minimum Gasteiger partial charge on any atom is -0.456 e. The molecule has 2 aromatic rings. The zero-order chi connectivity index (χ0) is 30.1. The molecule has 0 aliphatic carbocycles. The molecule has 2 N–H and O–H groups in total. The number of hydrogen-bond donors (Lipinski definition) is 2. The summed E-state index contributed by atoms with van der Waals surface area (Å²) in [5.41, 5.74) is -0.238. The number of para-hydroxylation sites is 1. The van der Waals surface area contributed by atoms with E-state index in [0.717, 1.165) is 32.1 Å². The van der Waals surface area contributed by atoms with Gasteiger partial charge in [-0.1, -0.05) is 83.4 Å². The highest BCUT2D eigenvalue weighted by Gasteiger charge is 2.28. The Morgan fingerprint density at radius 1 is 0.854 bits per heavy atom. The van der Waals surface area contributed by atoms with Gasteiger partial charge in [-0.15, -0.1) is 0 Å². The lowest BCUT2D eigenvalue weighted by molar-refractivity contribution is 0.00692. The van der Waals surface area contributed by atoms with Crippen molar-refractivity contribution in [3.63, 3.8) is 0 Å². The largest absolute Gasteiger partial charge is 0.456 e. The number of carbonyl (C=O) groups excluding carboxylic acids is 1. The van der Waals surface area contributed by atoms with Crippen molar-refractivity contribution in [2.75, 3.05) is 25.2 Å². The van der Waals surface area contributed by atoms with Gasteiger partial charge in [0.15, 0.2) is 5.75 Å². The van der Waals surface area contributed by atoms with Crippen molar-refractivity contribution < 1.29 is 27.4 Å². The zero-order valence-corrected chi connectivity index (χ0v) is 26.4. The summed E-state index contributed by atoms with van der Waals surface area (Å²) < 4.78 is 47.0. The Labute approximate surface area is 247 Å². The van der Waals surface area contributed by atoms with E-state index in [9.17, 15) is 13.2 Å². The fourth-order valence-corrected chi connectivity index (χ4v) is 5.18. The van der Waals surface area contributed by atoms with Crippen molar-refractivity contribution in [2.45, 2.75) is 109 Å². The van der Waals surface area contributed by atoms with E-state index < -0.39 is 21.6 Å². The van der Waals surface area contributed by atoms with E-state index >= 15 is 0 Å². The van der Waals surface area contributed by atoms with Gasteiger partial charge in [0.2, 0.25) is 10.0 Å². The molecule has 0 heterocycles. The Bertz CT molecular complexity index is 1150. The molecule has 0 spiro atoms. The maximum absolute atomic E-state index is 13.6. The predicted octanol–water partition coefficient (Wildman–Crippen LogP) is 8.04. The van der Waals surface area contributed by atoms with Crippen LogP contribution in [0.5, 0.6) is 11.5 Å². The van der Waals surface area contributed by atoms with E-state index in [1.807, 2.05) is 6.07 Å². The summed E-state index contributed by atoms with van der Waals surface area (Å²) in [4.78, 5) is 12.9. The molecule has 0 radical (unpaired) electrons. The van der Waals surface area contributed by atoms with Gasteiger partial charge in [0.05, 0.1) is 11.3 Å². The number of carbonyl (C=O) groups is 1. The third kappa shape index (κ3) is 13.3. The van der Waals surface area contributed by atoms with Gasteiger partial charge in [0.1, 0.15) is 23.0 Å². The van der Waals surface area contributed by atoms with Crippen LogP contribution in [0.3, 0.4) is 0 Å². The summed E-state index contributed by atoms with van der Waals surface area (Å²) in [5, 5.41) is 3.26. The van der Waals surface area contributed by atoms with Crippen molar-refractivity contribution in [2.24, 2.45) is 0 Å². The van der Waals surface area contributed by atoms with Gasteiger partial charge in [0, 0.05) is 13.2 Å². The van der Waals surface area contributed by atoms with Crippen LogP contribution in [0.2, 0.25) is 0 Å². The van der Waals surface area contributed by atoms with Crippen LogP contribution in [-0.4, -0.2) is 39.9 Å². The molecule has 0 fully saturated rings. The van der Waals surface area contributed by atoms with E-state index in [2.05, 4.69) is 23.9 Å². The lowest BCUT2D eigenvalue weighted by Gasteiger charge is -2.22. The fourth-order valence-electron chi connectivity index (χ4n) is 4.11. The Balaban J connectivity index is 2.23. The smallest absolute Gasteiger partial charge is 0.338 e. The molecule has 0 aliphatic heterocycles. The lowest BCUT2D eigenvalue weighted by atomic mass is 10.1. The molecule has 2 aromatic carbocycles. The van der Waals surface area contributed by atoms with Crippen LogP contribution in [-0.2, 0) is 19.5 Å². The molecule has 2 rings (SSSR count). The van der Waals surface area contributed by atoms with Gasteiger partial charge in [-0.3, -0.25) is 0 Å². The standard InChI is InChI=1S/C32H50N2O6S/c1-6-8-10-11-12-13-14-18-22-38-25-34-41(36,37)29-24-26(31(35)40-32(3,4)5)23-28(33-21-9-7-2)30(29)39-27-19-16-15-17-20-27/h15-17,19-20,23-24,33-34H,6-14,18,21-22,25H2,1-5H3. The molecule has 0 atom stereocenters. The van der Waals surface area contributed by atoms with Crippen molar-refractivity contribution in [1.82, 2.24) is 4.72 Å². The molecule has 0 aromatic heterocycles. The summed E-state index contributed by atoms with van der Waals surface area (Å²) in [5.74, 6) is -0.0432. The van der Waals surface area contributed by atoms with Gasteiger partial charge in [-0.2, -0.15) is 4.72 Å². The number of hydrogen-bond acceptors (Lipinski definition) is 7. The minimum atomic E-state index is -4.12. The first-order valence-corrected chi connectivity index (χ1v) is 16.5. The second kappa shape index (κ2) is 18.0. The maximum Gasteiger partial charge on any atom is 0.338 e. The highest BCUT2D eigenvalue weighted by molar-refractivity contribution is 7.89. The van der Waals surface area contributed by atoms with Gasteiger partial charge in [-0.05, 0) is 57.9 Å². The van der Waals surface area contributed by atoms with E-state index in [4.69, 9.17) is 14.2 Å². The second-order valence-electron chi connectivity index (χ2n) is 11.2. The third-order valence-electron chi connectivity index (χ3n) is 6.28. The fraction of sp³-hybridized carbons (Fsp3) is 0.594. The molecular weight excluding hydrogens is 540 g/mol. The van der Waals surface area contributed by atoms with Crippen LogP contribution in [0, 0.1) is 0 Å². The molecule has 0 saturated carbocycles. The van der Waals surface area contributed by atoms with Crippen LogP contribution in [0.1, 0.15) is 109 Å². The second-order valence-corrected chi connectivity index (χ2v) is 13.0. The Morgan fingerprint density at radius 3 is 2.12 bits per heavy atom. The molecule has 8 nitrogen and oxygen atoms in total. The van der Waals surface area contributed by atoms with Crippen molar-refractivity contribution in [1.29, 1.82) is 0 Å². The topological polar surface area (TPSA) is 103 Å². The average molecular weight is 591 g/mol. The summed E-state index contributed by atoms with van der Waals surface area (Å²) in [6.45, 7) is 10.4. The normalized spacial score (nSPS) is 11.8. The Hall–Kier alpha value is -2.62. The summed E-state index contributed by atoms with van der Waals surface area (Å²) >= 11 is 0. The number of anilines is 1. The van der Waals surface area contributed by atoms with E-state index in [0.29, 0.717) is 24.6 Å². The first-order valence-electron chi connectivity index (χ1n) is 15.0. The minimum absolute atomic E-state index is 0.107. The number of esters is 1. The van der Waals surface area contributed by atoms with Crippen molar-refractivity contribution in [3.05, 3.63) is 48.0 Å². The van der Waals surface area contributed by atoms with Crippen molar-refractivity contribution in [3.8, 4) is 11.5 Å². The van der Waals surface area contributed by atoms with Gasteiger partial charge >= 0.3 is 5.97 Å².